The number of epoxide rings is 1. The van der Waals surface area contributed by atoms with Crippen LogP contribution < -0.4 is 4.74 Å². The fourth-order valence-electron chi connectivity index (χ4n) is 2.76. The first kappa shape index (κ1) is 16.1. The van der Waals surface area contributed by atoms with Gasteiger partial charge in [0, 0.05) is 0 Å². The van der Waals surface area contributed by atoms with E-state index >= 15 is 0 Å². The van der Waals surface area contributed by atoms with Crippen LogP contribution in [0.2, 0.25) is 0 Å². The van der Waals surface area contributed by atoms with Gasteiger partial charge in [-0.1, -0.05) is 64.2 Å². The van der Waals surface area contributed by atoms with Crippen molar-refractivity contribution in [2.45, 2.75) is 64.1 Å². The summed E-state index contributed by atoms with van der Waals surface area (Å²) in [4.78, 5) is 0. The molecule has 2 atom stereocenters. The first-order valence-electron chi connectivity index (χ1n) is 8.25. The first-order chi connectivity index (χ1) is 10.3. The van der Waals surface area contributed by atoms with Crippen molar-refractivity contribution >= 4 is 5.57 Å². The monoisotopic (exact) mass is 288 g/mol. The maximum Gasteiger partial charge on any atom is 0.118 e. The largest absolute Gasteiger partial charge is 0.497 e. The van der Waals surface area contributed by atoms with Gasteiger partial charge in [-0.3, -0.25) is 0 Å². The van der Waals surface area contributed by atoms with Crippen molar-refractivity contribution in [3.05, 3.63) is 36.4 Å². The second kappa shape index (κ2) is 8.23. The summed E-state index contributed by atoms with van der Waals surface area (Å²) in [6.07, 6.45) is 9.84. The maximum absolute atomic E-state index is 5.79. The molecule has 21 heavy (non-hydrogen) atoms. The molecule has 0 unspecified atom stereocenters. The summed E-state index contributed by atoms with van der Waals surface area (Å²) in [6, 6.07) is 8.08. The summed E-state index contributed by atoms with van der Waals surface area (Å²) in [5.74, 6) is 0.881. The number of benzene rings is 1. The normalized spacial score (nSPS) is 20.3. The lowest BCUT2D eigenvalue weighted by atomic mass is 10.00. The summed E-state index contributed by atoms with van der Waals surface area (Å²) in [7, 11) is 1.68. The zero-order valence-corrected chi connectivity index (χ0v) is 13.4. The Morgan fingerprint density at radius 1 is 1.10 bits per heavy atom. The number of hydrogen-bond acceptors (Lipinski definition) is 2. The van der Waals surface area contributed by atoms with Gasteiger partial charge in [0.25, 0.3) is 0 Å². The second-order valence-corrected chi connectivity index (χ2v) is 5.91. The zero-order chi connectivity index (χ0) is 15.1. The smallest absolute Gasteiger partial charge is 0.118 e. The van der Waals surface area contributed by atoms with Gasteiger partial charge in [-0.05, 0) is 29.7 Å². The molecule has 1 heterocycles. The fourth-order valence-corrected chi connectivity index (χ4v) is 2.76. The predicted molar refractivity (Wildman–Crippen MR) is 88.7 cm³/mol. The third-order valence-electron chi connectivity index (χ3n) is 4.23. The molecule has 1 aromatic rings. The van der Waals surface area contributed by atoms with Crippen molar-refractivity contribution in [3.8, 4) is 5.75 Å². The van der Waals surface area contributed by atoms with Crippen LogP contribution in [0.3, 0.4) is 0 Å². The van der Waals surface area contributed by atoms with Crippen LogP contribution in [0.1, 0.15) is 57.4 Å². The minimum Gasteiger partial charge on any atom is -0.497 e. The number of unbranched alkanes of at least 4 members (excludes halogenated alkanes) is 5. The van der Waals surface area contributed by atoms with Gasteiger partial charge < -0.3 is 9.47 Å². The lowest BCUT2D eigenvalue weighted by molar-refractivity contribution is 0.374. The van der Waals surface area contributed by atoms with Gasteiger partial charge in [0.15, 0.2) is 0 Å². The van der Waals surface area contributed by atoms with Crippen LogP contribution in [0.15, 0.2) is 30.8 Å². The highest BCUT2D eigenvalue weighted by molar-refractivity contribution is 5.69. The molecule has 1 saturated heterocycles. The molecule has 1 aliphatic rings. The SMILES string of the molecule is C=C(c1ccc(OC)cc1)[C@H]1O[C@@H]1CCCCCCCC. The Morgan fingerprint density at radius 2 is 1.76 bits per heavy atom. The molecule has 0 amide bonds. The molecule has 0 N–H and O–H groups in total. The Bertz CT molecular complexity index is 435. The third kappa shape index (κ3) is 4.89. The van der Waals surface area contributed by atoms with Crippen LogP contribution in [0.25, 0.3) is 5.57 Å². The molecule has 0 saturated carbocycles. The van der Waals surface area contributed by atoms with Gasteiger partial charge in [0.1, 0.15) is 11.9 Å². The molecule has 0 radical (unpaired) electrons. The Hall–Kier alpha value is -1.28. The van der Waals surface area contributed by atoms with Crippen molar-refractivity contribution in [2.75, 3.05) is 7.11 Å². The number of ether oxygens (including phenoxy) is 2. The lowest BCUT2D eigenvalue weighted by Gasteiger charge is -2.04. The van der Waals surface area contributed by atoms with Crippen LogP contribution in [-0.2, 0) is 4.74 Å². The highest BCUT2D eigenvalue weighted by Crippen LogP contribution is 2.37. The molecule has 0 aromatic heterocycles. The number of methoxy groups -OCH3 is 1. The standard InChI is InChI=1S/C19H28O2/c1-4-5-6-7-8-9-10-18-19(21-18)15(2)16-11-13-17(20-3)14-12-16/h11-14,18-19H,2,4-10H2,1,3H3/t18-,19-/m1/s1. The maximum atomic E-state index is 5.79. The molecule has 116 valence electrons. The van der Waals surface area contributed by atoms with Crippen molar-refractivity contribution in [1.82, 2.24) is 0 Å². The van der Waals surface area contributed by atoms with Crippen molar-refractivity contribution in [1.29, 1.82) is 0 Å². The van der Waals surface area contributed by atoms with E-state index in [1.165, 1.54) is 44.9 Å². The lowest BCUT2D eigenvalue weighted by Crippen LogP contribution is -1.97. The van der Waals surface area contributed by atoms with E-state index in [0.717, 1.165) is 16.9 Å². The molecule has 2 heteroatoms. The molecule has 0 aliphatic carbocycles. The van der Waals surface area contributed by atoms with Gasteiger partial charge in [0.2, 0.25) is 0 Å². The zero-order valence-electron chi connectivity index (χ0n) is 13.4. The predicted octanol–water partition coefficient (Wildman–Crippen LogP) is 5.23. The molecular weight excluding hydrogens is 260 g/mol. The molecule has 2 rings (SSSR count). The quantitative estimate of drug-likeness (QED) is 0.434. The van der Waals surface area contributed by atoms with Crippen LogP contribution in [-0.4, -0.2) is 19.3 Å². The summed E-state index contributed by atoms with van der Waals surface area (Å²) < 4.78 is 11.0. The molecule has 0 bridgehead atoms. The van der Waals surface area contributed by atoms with Gasteiger partial charge in [0.05, 0.1) is 13.2 Å². The second-order valence-electron chi connectivity index (χ2n) is 5.91. The van der Waals surface area contributed by atoms with Gasteiger partial charge in [-0.2, -0.15) is 0 Å². The van der Waals surface area contributed by atoms with E-state index in [1.54, 1.807) is 7.11 Å². The Kier molecular flexibility index (Phi) is 6.31. The van der Waals surface area contributed by atoms with Crippen LogP contribution in [0.4, 0.5) is 0 Å². The van der Waals surface area contributed by atoms with Gasteiger partial charge in [-0.15, -0.1) is 0 Å². The van der Waals surface area contributed by atoms with Crippen LogP contribution in [0.5, 0.6) is 5.75 Å². The van der Waals surface area contributed by atoms with E-state index in [1.807, 2.05) is 12.1 Å². The van der Waals surface area contributed by atoms with E-state index in [0.29, 0.717) is 6.10 Å². The first-order valence-corrected chi connectivity index (χ1v) is 8.25. The summed E-state index contributed by atoms with van der Waals surface area (Å²) in [5, 5.41) is 0. The number of hydrogen-bond donors (Lipinski definition) is 0. The van der Waals surface area contributed by atoms with Crippen LogP contribution >= 0.6 is 0 Å². The van der Waals surface area contributed by atoms with E-state index in [-0.39, 0.29) is 6.10 Å². The minimum absolute atomic E-state index is 0.231. The Balaban J connectivity index is 1.66. The summed E-state index contributed by atoms with van der Waals surface area (Å²) >= 11 is 0. The topological polar surface area (TPSA) is 21.8 Å². The van der Waals surface area contributed by atoms with E-state index < -0.39 is 0 Å². The Morgan fingerprint density at radius 3 is 2.43 bits per heavy atom. The molecule has 1 fully saturated rings. The van der Waals surface area contributed by atoms with Crippen LogP contribution in [0, 0.1) is 0 Å². The Labute approximate surface area is 129 Å². The fraction of sp³-hybridized carbons (Fsp3) is 0.579. The molecule has 1 aliphatic heterocycles. The van der Waals surface area contributed by atoms with E-state index in [4.69, 9.17) is 9.47 Å². The molecule has 0 spiro atoms. The minimum atomic E-state index is 0.231. The molecule has 2 nitrogen and oxygen atoms in total. The molecule has 1 aromatic carbocycles. The molecular formula is C19H28O2. The van der Waals surface area contributed by atoms with Gasteiger partial charge >= 0.3 is 0 Å². The van der Waals surface area contributed by atoms with Gasteiger partial charge in [-0.25, -0.2) is 0 Å². The average molecular weight is 288 g/mol. The van der Waals surface area contributed by atoms with Crippen molar-refractivity contribution < 1.29 is 9.47 Å². The average Bonchev–Trinajstić information content (AvgIpc) is 3.29. The highest BCUT2D eigenvalue weighted by atomic mass is 16.6. The van der Waals surface area contributed by atoms with E-state index in [9.17, 15) is 0 Å². The van der Waals surface area contributed by atoms with Crippen molar-refractivity contribution in [3.63, 3.8) is 0 Å². The number of rotatable bonds is 10. The highest BCUT2D eigenvalue weighted by Gasteiger charge is 2.40. The summed E-state index contributed by atoms with van der Waals surface area (Å²) in [6.45, 7) is 6.45. The third-order valence-corrected chi connectivity index (χ3v) is 4.23. The summed E-state index contributed by atoms with van der Waals surface area (Å²) in [5.41, 5.74) is 2.26. The van der Waals surface area contributed by atoms with E-state index in [2.05, 4.69) is 25.6 Å². The van der Waals surface area contributed by atoms with Crippen molar-refractivity contribution in [2.24, 2.45) is 0 Å².